The molecule has 0 radical (unpaired) electrons. The predicted octanol–water partition coefficient (Wildman–Crippen LogP) is 2.65. The molecule has 0 amide bonds. The van der Waals surface area contributed by atoms with E-state index < -0.39 is 18.1 Å². The molecule has 64 valence electrons. The van der Waals surface area contributed by atoms with Crippen molar-refractivity contribution in [2.75, 3.05) is 0 Å². The molecule has 1 aliphatic rings. The highest BCUT2D eigenvalue weighted by Crippen LogP contribution is 2.29. The van der Waals surface area contributed by atoms with Gasteiger partial charge in [0.1, 0.15) is 5.78 Å². The van der Waals surface area contributed by atoms with Gasteiger partial charge in [-0.05, 0) is 24.7 Å². The molecule has 2 atom stereocenters. The standard InChI is InChI=1S/C10H18O/c1-7(2)9-5-4-8(3)6-10(9)11/h7-9H,4-6H2,1-3H3/t8-,9+/m1/s1/i6D2,9D. The van der Waals surface area contributed by atoms with Gasteiger partial charge < -0.3 is 0 Å². The lowest BCUT2D eigenvalue weighted by Gasteiger charge is -2.27. The Bertz CT molecular complexity index is 250. The number of rotatable bonds is 1. The number of Topliss-reactive ketones (excluding diaryl/α,β-unsaturated/α-hetero) is 1. The number of hydrogen-bond donors (Lipinski definition) is 0. The molecule has 0 unspecified atom stereocenters. The number of carbonyl (C=O) groups is 1. The van der Waals surface area contributed by atoms with Crippen molar-refractivity contribution in [1.29, 1.82) is 0 Å². The van der Waals surface area contributed by atoms with Gasteiger partial charge in [0, 0.05) is 16.4 Å². The molecule has 0 aromatic carbocycles. The van der Waals surface area contributed by atoms with Crippen LogP contribution in [0, 0.1) is 17.7 Å². The minimum atomic E-state index is -1.82. The summed E-state index contributed by atoms with van der Waals surface area (Å²) in [5.74, 6) is -2.11. The first-order valence-corrected chi connectivity index (χ1v) is 4.28. The maximum atomic E-state index is 11.9. The van der Waals surface area contributed by atoms with E-state index in [9.17, 15) is 4.79 Å². The molecule has 0 N–H and O–H groups in total. The average Bonchev–Trinajstić information content (AvgIpc) is 2.09. The lowest BCUT2D eigenvalue weighted by Crippen LogP contribution is -2.27. The number of hydrogen-bond acceptors (Lipinski definition) is 1. The van der Waals surface area contributed by atoms with Crippen LogP contribution in [0.4, 0.5) is 0 Å². The molecule has 1 rings (SSSR count). The van der Waals surface area contributed by atoms with E-state index in [1.807, 2.05) is 13.8 Å². The second kappa shape index (κ2) is 3.38. The fraction of sp³-hybridized carbons (Fsp3) is 0.900. The Kier molecular flexibility index (Phi) is 1.64. The van der Waals surface area contributed by atoms with Crippen LogP contribution >= 0.6 is 0 Å². The smallest absolute Gasteiger partial charge is 0.136 e. The molecule has 11 heavy (non-hydrogen) atoms. The van der Waals surface area contributed by atoms with Crippen molar-refractivity contribution in [3.63, 3.8) is 0 Å². The fourth-order valence-corrected chi connectivity index (χ4v) is 1.43. The molecular weight excluding hydrogens is 136 g/mol. The molecule has 0 aliphatic heterocycles. The van der Waals surface area contributed by atoms with Gasteiger partial charge in [-0.25, -0.2) is 0 Å². The summed E-state index contributed by atoms with van der Waals surface area (Å²) in [6.45, 7) is 5.38. The van der Waals surface area contributed by atoms with Crippen LogP contribution in [0.3, 0.4) is 0 Å². The zero-order valence-electron chi connectivity index (χ0n) is 10.5. The molecule has 1 heteroatoms. The maximum absolute atomic E-state index is 11.9. The Labute approximate surface area is 73.4 Å². The van der Waals surface area contributed by atoms with E-state index in [4.69, 9.17) is 4.11 Å². The summed E-state index contributed by atoms with van der Waals surface area (Å²) in [7, 11) is 0. The predicted molar refractivity (Wildman–Crippen MR) is 46.4 cm³/mol. The van der Waals surface area contributed by atoms with E-state index in [0.717, 1.165) is 0 Å². The summed E-state index contributed by atoms with van der Waals surface area (Å²) in [5.41, 5.74) is 0. The molecule has 1 aliphatic carbocycles. The first-order valence-electron chi connectivity index (χ1n) is 5.78. The van der Waals surface area contributed by atoms with Crippen LogP contribution in [0.25, 0.3) is 0 Å². The van der Waals surface area contributed by atoms with Crippen molar-refractivity contribution in [2.45, 2.75) is 40.0 Å². The van der Waals surface area contributed by atoms with Crippen molar-refractivity contribution in [3.05, 3.63) is 0 Å². The number of ketones is 1. The summed E-state index contributed by atoms with van der Waals surface area (Å²) in [6.07, 6.45) is -0.700. The summed E-state index contributed by atoms with van der Waals surface area (Å²) in [6, 6.07) is 0. The Morgan fingerprint density at radius 2 is 2.27 bits per heavy atom. The third kappa shape index (κ3) is 2.05. The topological polar surface area (TPSA) is 17.1 Å². The molecule has 0 bridgehead atoms. The van der Waals surface area contributed by atoms with Crippen LogP contribution in [-0.4, -0.2) is 5.78 Å². The van der Waals surface area contributed by atoms with Gasteiger partial charge in [-0.1, -0.05) is 20.8 Å². The Hall–Kier alpha value is -0.330. The highest BCUT2D eigenvalue weighted by Gasteiger charge is 2.27. The van der Waals surface area contributed by atoms with Gasteiger partial charge in [-0.15, -0.1) is 0 Å². The molecule has 0 spiro atoms. The largest absolute Gasteiger partial charge is 0.299 e. The Balaban J connectivity index is 3.02. The van der Waals surface area contributed by atoms with E-state index in [1.54, 1.807) is 6.92 Å². The molecule has 0 heterocycles. The third-order valence-electron chi connectivity index (χ3n) is 2.21. The quantitative estimate of drug-likeness (QED) is 0.572. The second-order valence-electron chi connectivity index (χ2n) is 3.59. The van der Waals surface area contributed by atoms with E-state index in [1.165, 1.54) is 0 Å². The minimum absolute atomic E-state index is 0.113. The average molecular weight is 157 g/mol. The summed E-state index contributed by atoms with van der Waals surface area (Å²) >= 11 is 0. The van der Waals surface area contributed by atoms with Gasteiger partial charge >= 0.3 is 0 Å². The minimum Gasteiger partial charge on any atom is -0.299 e. The monoisotopic (exact) mass is 157 g/mol. The van der Waals surface area contributed by atoms with Crippen molar-refractivity contribution in [1.82, 2.24) is 0 Å². The molecule has 1 fully saturated rings. The van der Waals surface area contributed by atoms with Crippen LogP contribution in [-0.2, 0) is 4.79 Å². The highest BCUT2D eigenvalue weighted by molar-refractivity contribution is 5.82. The van der Waals surface area contributed by atoms with Crippen LogP contribution in [0.15, 0.2) is 0 Å². The van der Waals surface area contributed by atoms with Gasteiger partial charge in [0.05, 0.1) is 0 Å². The lowest BCUT2D eigenvalue weighted by atomic mass is 9.77. The van der Waals surface area contributed by atoms with Gasteiger partial charge in [-0.2, -0.15) is 0 Å². The molecule has 1 nitrogen and oxygen atoms in total. The van der Waals surface area contributed by atoms with Gasteiger partial charge in [0.15, 0.2) is 0 Å². The summed E-state index contributed by atoms with van der Waals surface area (Å²) in [5, 5.41) is 0. The lowest BCUT2D eigenvalue weighted by molar-refractivity contribution is -0.127. The van der Waals surface area contributed by atoms with Gasteiger partial charge in [-0.3, -0.25) is 4.79 Å². The Morgan fingerprint density at radius 3 is 2.82 bits per heavy atom. The van der Waals surface area contributed by atoms with Crippen LogP contribution in [0.2, 0.25) is 0 Å². The van der Waals surface area contributed by atoms with E-state index in [-0.39, 0.29) is 11.8 Å². The van der Waals surface area contributed by atoms with Crippen molar-refractivity contribution in [3.8, 4) is 0 Å². The van der Waals surface area contributed by atoms with Crippen molar-refractivity contribution < 1.29 is 8.91 Å². The molecule has 0 saturated heterocycles. The molecule has 0 aromatic rings. The highest BCUT2D eigenvalue weighted by atomic mass is 16.1. The first kappa shape index (κ1) is 5.34. The van der Waals surface area contributed by atoms with Crippen molar-refractivity contribution >= 4 is 5.78 Å². The van der Waals surface area contributed by atoms with Crippen molar-refractivity contribution in [2.24, 2.45) is 17.7 Å². The second-order valence-corrected chi connectivity index (χ2v) is 3.59. The van der Waals surface area contributed by atoms with Crippen LogP contribution in [0.5, 0.6) is 0 Å². The number of carbonyl (C=O) groups excluding carboxylic acids is 1. The van der Waals surface area contributed by atoms with Gasteiger partial charge in [0.2, 0.25) is 0 Å². The van der Waals surface area contributed by atoms with Gasteiger partial charge in [0.25, 0.3) is 0 Å². The summed E-state index contributed by atoms with van der Waals surface area (Å²) < 4.78 is 23.4. The molecule has 0 aromatic heterocycles. The molecular formula is C10H18O. The zero-order chi connectivity index (χ0) is 11.1. The van der Waals surface area contributed by atoms with E-state index in [0.29, 0.717) is 12.8 Å². The van der Waals surface area contributed by atoms with E-state index in [2.05, 4.69) is 0 Å². The Morgan fingerprint density at radius 1 is 1.64 bits per heavy atom. The third-order valence-corrected chi connectivity index (χ3v) is 2.21. The fourth-order valence-electron chi connectivity index (χ4n) is 1.43. The van der Waals surface area contributed by atoms with Crippen LogP contribution in [0.1, 0.15) is 44.1 Å². The SMILES string of the molecule is [2H]C1([2H])C(=O)[C@]([2H])(C(C)C)CC[C@H]1C. The maximum Gasteiger partial charge on any atom is 0.136 e. The normalized spacial score (nSPS) is 48.2. The van der Waals surface area contributed by atoms with E-state index >= 15 is 0 Å². The zero-order valence-corrected chi connectivity index (χ0v) is 7.48. The first-order chi connectivity index (χ1) is 6.23. The summed E-state index contributed by atoms with van der Waals surface area (Å²) in [4.78, 5) is 11.9. The van der Waals surface area contributed by atoms with Crippen LogP contribution < -0.4 is 0 Å². The molecule has 1 saturated carbocycles.